The minimum absolute atomic E-state index is 0.0976. The zero-order valence-electron chi connectivity index (χ0n) is 15.0. The first kappa shape index (κ1) is 18.0. The monoisotopic (exact) mass is 387 g/mol. The Hall–Kier alpha value is -2.39. The summed E-state index contributed by atoms with van der Waals surface area (Å²) in [7, 11) is 0. The average Bonchev–Trinajstić information content (AvgIpc) is 3.41. The van der Waals surface area contributed by atoms with Gasteiger partial charge in [-0.15, -0.1) is 5.10 Å². The Morgan fingerprint density at radius 3 is 3.15 bits per heavy atom. The standard InChI is InChI=1S/C18H21N5O3S/c1-12(16-9-13-5-2-3-7-15(13)26-16)19-17(24)11-27-18-20-21-22-23(18)10-14-6-4-8-25-14/h2-3,5,7,9,12,14H,4,6,8,10-11H2,1H3,(H,19,24)/t12-,14+/m1/s1. The van der Waals surface area contributed by atoms with Crippen molar-refractivity contribution in [3.05, 3.63) is 36.1 Å². The highest BCUT2D eigenvalue weighted by Gasteiger charge is 2.20. The van der Waals surface area contributed by atoms with Gasteiger partial charge >= 0.3 is 0 Å². The van der Waals surface area contributed by atoms with Crippen molar-refractivity contribution in [3.8, 4) is 0 Å². The van der Waals surface area contributed by atoms with Gasteiger partial charge in [0.1, 0.15) is 11.3 Å². The number of para-hydroxylation sites is 1. The molecule has 2 aromatic heterocycles. The molecule has 1 aromatic carbocycles. The maximum Gasteiger partial charge on any atom is 0.231 e. The lowest BCUT2D eigenvalue weighted by atomic mass is 10.2. The van der Waals surface area contributed by atoms with E-state index in [-0.39, 0.29) is 23.8 Å². The van der Waals surface area contributed by atoms with Gasteiger partial charge in [0, 0.05) is 12.0 Å². The minimum atomic E-state index is -0.214. The van der Waals surface area contributed by atoms with Crippen LogP contribution in [0.5, 0.6) is 0 Å². The van der Waals surface area contributed by atoms with E-state index >= 15 is 0 Å². The van der Waals surface area contributed by atoms with Crippen molar-refractivity contribution in [1.29, 1.82) is 0 Å². The summed E-state index contributed by atoms with van der Waals surface area (Å²) >= 11 is 1.32. The van der Waals surface area contributed by atoms with Crippen LogP contribution in [0.3, 0.4) is 0 Å². The van der Waals surface area contributed by atoms with Gasteiger partial charge in [0.2, 0.25) is 11.1 Å². The molecule has 0 radical (unpaired) electrons. The van der Waals surface area contributed by atoms with Crippen LogP contribution in [0.25, 0.3) is 11.0 Å². The van der Waals surface area contributed by atoms with Crippen LogP contribution in [0.2, 0.25) is 0 Å². The number of rotatable bonds is 7. The zero-order chi connectivity index (χ0) is 18.6. The highest BCUT2D eigenvalue weighted by atomic mass is 32.2. The number of hydrogen-bond donors (Lipinski definition) is 1. The number of furan rings is 1. The lowest BCUT2D eigenvalue weighted by Gasteiger charge is -2.12. The first-order valence-corrected chi connectivity index (χ1v) is 9.96. The number of carbonyl (C=O) groups is 1. The number of nitrogens with zero attached hydrogens (tertiary/aromatic N) is 4. The molecule has 3 aromatic rings. The fraction of sp³-hybridized carbons (Fsp3) is 0.444. The summed E-state index contributed by atoms with van der Waals surface area (Å²) in [5, 5.41) is 16.3. The molecule has 0 aliphatic carbocycles. The maximum atomic E-state index is 12.3. The molecule has 8 nitrogen and oxygen atoms in total. The molecule has 1 aliphatic rings. The van der Waals surface area contributed by atoms with Gasteiger partial charge in [-0.25, -0.2) is 4.68 Å². The second-order valence-corrected chi connectivity index (χ2v) is 7.49. The molecular formula is C18H21N5O3S. The number of benzene rings is 1. The molecule has 3 heterocycles. The lowest BCUT2D eigenvalue weighted by molar-refractivity contribution is -0.119. The molecular weight excluding hydrogens is 366 g/mol. The summed E-state index contributed by atoms with van der Waals surface area (Å²) in [6.07, 6.45) is 2.23. The average molecular weight is 387 g/mol. The number of hydrogen-bond acceptors (Lipinski definition) is 7. The van der Waals surface area contributed by atoms with Gasteiger partial charge in [-0.05, 0) is 42.3 Å². The number of fused-ring (bicyclic) bond motifs is 1. The molecule has 0 saturated carbocycles. The van der Waals surface area contributed by atoms with E-state index in [2.05, 4.69) is 20.8 Å². The quantitative estimate of drug-likeness (QED) is 0.623. The number of tetrazole rings is 1. The maximum absolute atomic E-state index is 12.3. The molecule has 1 fully saturated rings. The zero-order valence-corrected chi connectivity index (χ0v) is 15.8. The van der Waals surface area contributed by atoms with Gasteiger partial charge in [-0.2, -0.15) is 0 Å². The van der Waals surface area contributed by atoms with Crippen molar-refractivity contribution in [2.75, 3.05) is 12.4 Å². The summed E-state index contributed by atoms with van der Waals surface area (Å²) < 4.78 is 13.1. The smallest absolute Gasteiger partial charge is 0.231 e. The molecule has 2 atom stereocenters. The molecule has 0 bridgehead atoms. The second-order valence-electron chi connectivity index (χ2n) is 6.54. The minimum Gasteiger partial charge on any atom is -0.459 e. The molecule has 0 spiro atoms. The van der Waals surface area contributed by atoms with E-state index in [0.29, 0.717) is 11.7 Å². The van der Waals surface area contributed by atoms with Crippen LogP contribution < -0.4 is 5.32 Å². The fourth-order valence-corrected chi connectivity index (χ4v) is 3.79. The number of nitrogens with one attached hydrogen (secondary N) is 1. The van der Waals surface area contributed by atoms with E-state index in [0.717, 1.165) is 36.2 Å². The number of ether oxygens (including phenoxy) is 1. The number of thioether (sulfide) groups is 1. The Bertz CT molecular complexity index is 886. The molecule has 4 rings (SSSR count). The van der Waals surface area contributed by atoms with Crippen LogP contribution in [-0.4, -0.2) is 44.6 Å². The number of carbonyl (C=O) groups excluding carboxylic acids is 1. The third kappa shape index (κ3) is 4.30. The van der Waals surface area contributed by atoms with Gasteiger partial charge in [0.15, 0.2) is 0 Å². The Morgan fingerprint density at radius 2 is 2.33 bits per heavy atom. The Labute approximate surface area is 160 Å². The topological polar surface area (TPSA) is 95.1 Å². The van der Waals surface area contributed by atoms with E-state index in [1.54, 1.807) is 4.68 Å². The van der Waals surface area contributed by atoms with Crippen LogP contribution in [0.1, 0.15) is 31.6 Å². The van der Waals surface area contributed by atoms with Gasteiger partial charge in [-0.1, -0.05) is 30.0 Å². The third-order valence-electron chi connectivity index (χ3n) is 4.48. The van der Waals surface area contributed by atoms with Gasteiger partial charge < -0.3 is 14.5 Å². The van der Waals surface area contributed by atoms with Crippen LogP contribution in [0.4, 0.5) is 0 Å². The van der Waals surface area contributed by atoms with Crippen LogP contribution in [0, 0.1) is 0 Å². The summed E-state index contributed by atoms with van der Waals surface area (Å²) in [5.74, 6) is 0.869. The summed E-state index contributed by atoms with van der Waals surface area (Å²) in [6.45, 7) is 3.31. The molecule has 1 N–H and O–H groups in total. The molecule has 1 aliphatic heterocycles. The molecule has 1 saturated heterocycles. The van der Waals surface area contributed by atoms with E-state index in [4.69, 9.17) is 9.15 Å². The van der Waals surface area contributed by atoms with Crippen molar-refractivity contribution < 1.29 is 13.9 Å². The van der Waals surface area contributed by atoms with Crippen molar-refractivity contribution in [1.82, 2.24) is 25.5 Å². The van der Waals surface area contributed by atoms with E-state index in [1.807, 2.05) is 37.3 Å². The Balaban J connectivity index is 1.31. The van der Waals surface area contributed by atoms with E-state index in [1.165, 1.54) is 11.8 Å². The fourth-order valence-electron chi connectivity index (χ4n) is 3.10. The van der Waals surface area contributed by atoms with Gasteiger partial charge in [0.05, 0.1) is 24.4 Å². The lowest BCUT2D eigenvalue weighted by Crippen LogP contribution is -2.28. The Kier molecular flexibility index (Phi) is 5.40. The van der Waals surface area contributed by atoms with Crippen LogP contribution in [-0.2, 0) is 16.1 Å². The normalized spacial score (nSPS) is 18.0. The number of aromatic nitrogens is 4. The van der Waals surface area contributed by atoms with Gasteiger partial charge in [-0.3, -0.25) is 4.79 Å². The second kappa shape index (κ2) is 8.10. The molecule has 1 amide bonds. The van der Waals surface area contributed by atoms with Crippen molar-refractivity contribution in [2.45, 2.75) is 43.6 Å². The van der Waals surface area contributed by atoms with Crippen molar-refractivity contribution in [3.63, 3.8) is 0 Å². The van der Waals surface area contributed by atoms with E-state index in [9.17, 15) is 4.79 Å². The third-order valence-corrected chi connectivity index (χ3v) is 5.44. The largest absolute Gasteiger partial charge is 0.459 e. The highest BCUT2D eigenvalue weighted by molar-refractivity contribution is 7.99. The predicted molar refractivity (Wildman–Crippen MR) is 100 cm³/mol. The SMILES string of the molecule is C[C@@H](NC(=O)CSc1nnnn1C[C@@H]1CCCO1)c1cc2ccccc2o1. The Morgan fingerprint density at radius 1 is 1.44 bits per heavy atom. The summed E-state index contributed by atoms with van der Waals surface area (Å²) in [4.78, 5) is 12.3. The first-order chi connectivity index (χ1) is 13.2. The highest BCUT2D eigenvalue weighted by Crippen LogP contribution is 2.24. The predicted octanol–water partition coefficient (Wildman–Crippen LogP) is 2.57. The van der Waals surface area contributed by atoms with E-state index < -0.39 is 0 Å². The van der Waals surface area contributed by atoms with Crippen LogP contribution in [0.15, 0.2) is 39.9 Å². The molecule has 27 heavy (non-hydrogen) atoms. The molecule has 142 valence electrons. The summed E-state index contributed by atoms with van der Waals surface area (Å²) in [6, 6.07) is 9.53. The number of amides is 1. The van der Waals surface area contributed by atoms with Crippen molar-refractivity contribution in [2.24, 2.45) is 0 Å². The molecule has 9 heteroatoms. The molecule has 0 unspecified atom stereocenters. The van der Waals surface area contributed by atoms with Gasteiger partial charge in [0.25, 0.3) is 0 Å². The first-order valence-electron chi connectivity index (χ1n) is 8.97. The summed E-state index contributed by atoms with van der Waals surface area (Å²) in [5.41, 5.74) is 0.816. The van der Waals surface area contributed by atoms with Crippen molar-refractivity contribution >= 4 is 28.6 Å². The van der Waals surface area contributed by atoms with Crippen LogP contribution >= 0.6 is 11.8 Å².